The number of benzene rings is 2. The van der Waals surface area contributed by atoms with E-state index in [1.807, 2.05) is 0 Å². The summed E-state index contributed by atoms with van der Waals surface area (Å²) in [4.78, 5) is 11.3. The van der Waals surface area contributed by atoms with E-state index < -0.39 is 0 Å². The van der Waals surface area contributed by atoms with Crippen LogP contribution in [0.5, 0.6) is 11.5 Å². The molecular formula is C16H14BrFO3. The van der Waals surface area contributed by atoms with Gasteiger partial charge in [-0.25, -0.2) is 4.39 Å². The molecule has 0 heterocycles. The van der Waals surface area contributed by atoms with Crippen molar-refractivity contribution in [3.63, 3.8) is 0 Å². The van der Waals surface area contributed by atoms with Crippen molar-refractivity contribution in [3.8, 4) is 11.5 Å². The van der Waals surface area contributed by atoms with Crippen molar-refractivity contribution in [1.29, 1.82) is 0 Å². The Kier molecular flexibility index (Phi) is 4.96. The highest BCUT2D eigenvalue weighted by molar-refractivity contribution is 9.10. The predicted molar refractivity (Wildman–Crippen MR) is 81.4 cm³/mol. The average molecular weight is 353 g/mol. The van der Waals surface area contributed by atoms with Crippen molar-refractivity contribution in [1.82, 2.24) is 0 Å². The fourth-order valence-corrected chi connectivity index (χ4v) is 2.20. The lowest BCUT2D eigenvalue weighted by Crippen LogP contribution is -2.01. The maximum atomic E-state index is 13.4. The van der Waals surface area contributed by atoms with Gasteiger partial charge in [0.2, 0.25) is 0 Å². The van der Waals surface area contributed by atoms with E-state index >= 15 is 0 Å². The van der Waals surface area contributed by atoms with Crippen LogP contribution in [0.25, 0.3) is 0 Å². The first-order valence-electron chi connectivity index (χ1n) is 6.27. The Morgan fingerprint density at radius 2 is 2.00 bits per heavy atom. The minimum Gasteiger partial charge on any atom is -0.493 e. The second-order valence-electron chi connectivity index (χ2n) is 4.42. The van der Waals surface area contributed by atoms with Crippen molar-refractivity contribution in [2.75, 3.05) is 7.11 Å². The molecule has 0 unspecified atom stereocenters. The summed E-state index contributed by atoms with van der Waals surface area (Å²) < 4.78 is 24.7. The van der Waals surface area contributed by atoms with Crippen LogP contribution < -0.4 is 9.47 Å². The lowest BCUT2D eigenvalue weighted by Gasteiger charge is -2.12. The van der Waals surface area contributed by atoms with E-state index in [1.54, 1.807) is 30.3 Å². The SMILES string of the molecule is COc1cc(C(C)=O)ccc1OCc1cccc(F)c1Br. The smallest absolute Gasteiger partial charge is 0.161 e. The molecule has 3 nitrogen and oxygen atoms in total. The largest absolute Gasteiger partial charge is 0.493 e. The van der Waals surface area contributed by atoms with Gasteiger partial charge in [0.05, 0.1) is 11.6 Å². The quantitative estimate of drug-likeness (QED) is 0.749. The molecular weight excluding hydrogens is 339 g/mol. The molecule has 0 aliphatic carbocycles. The van der Waals surface area contributed by atoms with E-state index in [2.05, 4.69) is 15.9 Å². The molecule has 110 valence electrons. The number of Topliss-reactive ketones (excluding diaryl/α,β-unsaturated/α-hetero) is 1. The van der Waals surface area contributed by atoms with Crippen molar-refractivity contribution in [3.05, 3.63) is 57.8 Å². The molecule has 0 saturated carbocycles. The van der Waals surface area contributed by atoms with Crippen molar-refractivity contribution >= 4 is 21.7 Å². The van der Waals surface area contributed by atoms with Crippen molar-refractivity contribution < 1.29 is 18.7 Å². The lowest BCUT2D eigenvalue weighted by molar-refractivity contribution is 0.101. The molecule has 0 bridgehead atoms. The molecule has 0 saturated heterocycles. The van der Waals surface area contributed by atoms with Gasteiger partial charge in [-0.15, -0.1) is 0 Å². The second kappa shape index (κ2) is 6.72. The molecule has 0 radical (unpaired) electrons. The van der Waals surface area contributed by atoms with Gasteiger partial charge in [0.1, 0.15) is 12.4 Å². The Balaban J connectivity index is 2.20. The summed E-state index contributed by atoms with van der Waals surface area (Å²) in [5.41, 5.74) is 1.24. The van der Waals surface area contributed by atoms with Crippen LogP contribution in [0.3, 0.4) is 0 Å². The Bertz CT molecular complexity index is 671. The van der Waals surface area contributed by atoms with Crippen molar-refractivity contribution in [2.24, 2.45) is 0 Å². The number of halogens is 2. The van der Waals surface area contributed by atoms with Gasteiger partial charge in [-0.05, 0) is 47.1 Å². The topological polar surface area (TPSA) is 35.5 Å². The number of ketones is 1. The molecule has 0 spiro atoms. The zero-order chi connectivity index (χ0) is 15.4. The van der Waals surface area contributed by atoms with E-state index in [1.165, 1.54) is 20.1 Å². The van der Waals surface area contributed by atoms with E-state index in [0.29, 0.717) is 27.1 Å². The second-order valence-corrected chi connectivity index (χ2v) is 5.22. The van der Waals surface area contributed by atoms with Crippen LogP contribution in [-0.4, -0.2) is 12.9 Å². The summed E-state index contributed by atoms with van der Waals surface area (Å²) in [7, 11) is 1.50. The fourth-order valence-electron chi connectivity index (χ4n) is 1.82. The molecule has 2 rings (SSSR count). The third kappa shape index (κ3) is 3.61. The minimum absolute atomic E-state index is 0.0484. The fraction of sp³-hybridized carbons (Fsp3) is 0.188. The van der Waals surface area contributed by atoms with Gasteiger partial charge in [-0.1, -0.05) is 12.1 Å². The Hall–Kier alpha value is -1.88. The summed E-state index contributed by atoms with van der Waals surface area (Å²) in [6.07, 6.45) is 0. The molecule has 2 aromatic carbocycles. The van der Waals surface area contributed by atoms with Crippen LogP contribution in [0.1, 0.15) is 22.8 Å². The van der Waals surface area contributed by atoms with Gasteiger partial charge >= 0.3 is 0 Å². The lowest BCUT2D eigenvalue weighted by atomic mass is 10.1. The van der Waals surface area contributed by atoms with Crippen LogP contribution in [0.2, 0.25) is 0 Å². The summed E-state index contributed by atoms with van der Waals surface area (Å²) in [6, 6.07) is 9.72. The number of hydrogen-bond acceptors (Lipinski definition) is 3. The van der Waals surface area contributed by atoms with Gasteiger partial charge in [-0.3, -0.25) is 4.79 Å². The Morgan fingerprint density at radius 1 is 1.24 bits per heavy atom. The van der Waals surface area contributed by atoms with Gasteiger partial charge < -0.3 is 9.47 Å². The molecule has 0 N–H and O–H groups in total. The third-order valence-corrected chi connectivity index (χ3v) is 3.87. The van der Waals surface area contributed by atoms with Crippen LogP contribution in [-0.2, 0) is 6.61 Å². The molecule has 5 heteroatoms. The number of carbonyl (C=O) groups excluding carboxylic acids is 1. The molecule has 2 aromatic rings. The summed E-state index contributed by atoms with van der Waals surface area (Å²) in [5, 5.41) is 0. The van der Waals surface area contributed by atoms with E-state index in [4.69, 9.17) is 9.47 Å². The highest BCUT2D eigenvalue weighted by atomic mass is 79.9. The average Bonchev–Trinajstić information content (AvgIpc) is 2.48. The van der Waals surface area contributed by atoms with E-state index in [-0.39, 0.29) is 18.2 Å². The van der Waals surface area contributed by atoms with Crippen LogP contribution in [0.4, 0.5) is 4.39 Å². The summed E-state index contributed by atoms with van der Waals surface area (Å²) in [6.45, 7) is 1.67. The molecule has 0 fully saturated rings. The first-order chi connectivity index (χ1) is 10.0. The van der Waals surface area contributed by atoms with Gasteiger partial charge in [0.15, 0.2) is 17.3 Å². The maximum absolute atomic E-state index is 13.4. The Labute approximate surface area is 130 Å². The number of carbonyl (C=O) groups is 1. The normalized spacial score (nSPS) is 10.3. The van der Waals surface area contributed by atoms with Crippen molar-refractivity contribution in [2.45, 2.75) is 13.5 Å². The maximum Gasteiger partial charge on any atom is 0.161 e. The first kappa shape index (κ1) is 15.5. The molecule has 0 aliphatic heterocycles. The third-order valence-electron chi connectivity index (χ3n) is 2.98. The number of hydrogen-bond donors (Lipinski definition) is 0. The van der Waals surface area contributed by atoms with Gasteiger partial charge in [0, 0.05) is 11.1 Å². The summed E-state index contributed by atoms with van der Waals surface area (Å²) in [5.74, 6) is 0.580. The highest BCUT2D eigenvalue weighted by Gasteiger charge is 2.10. The van der Waals surface area contributed by atoms with Crippen LogP contribution in [0, 0.1) is 5.82 Å². The predicted octanol–water partition coefficient (Wildman–Crippen LogP) is 4.38. The number of rotatable bonds is 5. The van der Waals surface area contributed by atoms with E-state index in [9.17, 15) is 9.18 Å². The monoisotopic (exact) mass is 352 g/mol. The van der Waals surface area contributed by atoms with Gasteiger partial charge in [0.25, 0.3) is 0 Å². The first-order valence-corrected chi connectivity index (χ1v) is 7.07. The van der Waals surface area contributed by atoms with Crippen LogP contribution >= 0.6 is 15.9 Å². The zero-order valence-corrected chi connectivity index (χ0v) is 13.2. The molecule has 0 amide bonds. The molecule has 0 aliphatic rings. The van der Waals surface area contributed by atoms with Gasteiger partial charge in [-0.2, -0.15) is 0 Å². The molecule has 21 heavy (non-hydrogen) atoms. The Morgan fingerprint density at radius 3 is 2.67 bits per heavy atom. The molecule has 0 atom stereocenters. The zero-order valence-electron chi connectivity index (χ0n) is 11.7. The minimum atomic E-state index is -0.338. The standard InChI is InChI=1S/C16H14BrFO3/c1-10(19)11-6-7-14(15(8-11)20-2)21-9-12-4-3-5-13(18)16(12)17/h3-8H,9H2,1-2H3. The number of methoxy groups -OCH3 is 1. The summed E-state index contributed by atoms with van der Waals surface area (Å²) >= 11 is 3.19. The van der Waals surface area contributed by atoms with Crippen LogP contribution in [0.15, 0.2) is 40.9 Å². The number of ether oxygens (including phenoxy) is 2. The molecule has 0 aromatic heterocycles. The van der Waals surface area contributed by atoms with E-state index in [0.717, 1.165) is 0 Å². The highest BCUT2D eigenvalue weighted by Crippen LogP contribution is 2.30.